The van der Waals surface area contributed by atoms with Crippen LogP contribution in [0.4, 0.5) is 0 Å². The van der Waals surface area contributed by atoms with Crippen molar-refractivity contribution in [2.24, 2.45) is 5.73 Å². The van der Waals surface area contributed by atoms with Crippen molar-refractivity contribution in [2.45, 2.75) is 45.8 Å². The molecule has 0 fully saturated rings. The van der Waals surface area contributed by atoms with E-state index < -0.39 is 12.0 Å². The van der Waals surface area contributed by atoms with Crippen LogP contribution in [0.25, 0.3) is 11.5 Å². The van der Waals surface area contributed by atoms with Crippen molar-refractivity contribution < 1.29 is 18.7 Å². The number of benzene rings is 2. The predicted octanol–water partition coefficient (Wildman–Crippen LogP) is 3.89. The van der Waals surface area contributed by atoms with Crippen molar-refractivity contribution in [2.75, 3.05) is 6.61 Å². The molecule has 0 bridgehead atoms. The van der Waals surface area contributed by atoms with Crippen LogP contribution in [0.3, 0.4) is 0 Å². The number of hydrogen-bond donors (Lipinski definition) is 1. The van der Waals surface area contributed by atoms with Crippen LogP contribution < -0.4 is 10.5 Å². The molecule has 0 aliphatic heterocycles. The van der Waals surface area contributed by atoms with Gasteiger partial charge in [0.25, 0.3) is 0 Å². The highest BCUT2D eigenvalue weighted by atomic mass is 16.5. The number of rotatable bonds is 9. The molecule has 0 aliphatic carbocycles. The molecule has 3 rings (SSSR count). The molecule has 3 aromatic rings. The fourth-order valence-corrected chi connectivity index (χ4v) is 2.96. The topological polar surface area (TPSA) is 87.6 Å². The highest BCUT2D eigenvalue weighted by Crippen LogP contribution is 2.22. The summed E-state index contributed by atoms with van der Waals surface area (Å²) in [5.41, 5.74) is 8.54. The predicted molar refractivity (Wildman–Crippen MR) is 114 cm³/mol. The second-order valence-corrected chi connectivity index (χ2v) is 7.32. The number of oxazole rings is 1. The van der Waals surface area contributed by atoms with Crippen LogP contribution in [0, 0.1) is 13.0 Å². The molecule has 157 valence electrons. The van der Waals surface area contributed by atoms with Crippen molar-refractivity contribution in [1.29, 1.82) is 0 Å². The second-order valence-electron chi connectivity index (χ2n) is 7.32. The molecule has 0 spiro atoms. The lowest BCUT2D eigenvalue weighted by Gasteiger charge is -2.14. The minimum atomic E-state index is -0.729. The Hall–Kier alpha value is -3.12. The van der Waals surface area contributed by atoms with E-state index in [1.165, 1.54) is 0 Å². The number of carbonyl (C=O) groups excluding carboxylic acids is 1. The van der Waals surface area contributed by atoms with Gasteiger partial charge in [0.05, 0.1) is 18.4 Å². The number of esters is 1. The first-order valence-corrected chi connectivity index (χ1v) is 10.0. The van der Waals surface area contributed by atoms with Gasteiger partial charge in [0.1, 0.15) is 17.6 Å². The maximum absolute atomic E-state index is 11.9. The SMILES string of the molecule is Cc1oc(-c2ccccc2)nc1CCOc1[c]c(CC(N)C(=O)OC(C)C)ccc1. The molecular weight excluding hydrogens is 380 g/mol. The van der Waals surface area contributed by atoms with Crippen LogP contribution in [0.5, 0.6) is 5.75 Å². The number of carbonyl (C=O) groups is 1. The van der Waals surface area contributed by atoms with Crippen molar-refractivity contribution in [3.8, 4) is 17.2 Å². The summed E-state index contributed by atoms with van der Waals surface area (Å²) in [6.45, 7) is 5.93. The molecule has 0 aliphatic rings. The first-order chi connectivity index (χ1) is 14.4. The highest BCUT2D eigenvalue weighted by molar-refractivity contribution is 5.76. The van der Waals surface area contributed by atoms with E-state index in [0.717, 1.165) is 22.6 Å². The minimum Gasteiger partial charge on any atom is -0.493 e. The van der Waals surface area contributed by atoms with E-state index in [0.29, 0.717) is 31.1 Å². The van der Waals surface area contributed by atoms with Crippen LogP contribution in [0.2, 0.25) is 0 Å². The molecule has 0 saturated carbocycles. The largest absolute Gasteiger partial charge is 0.493 e. The number of aryl methyl sites for hydroxylation is 1. The van der Waals surface area contributed by atoms with Crippen LogP contribution in [-0.4, -0.2) is 29.7 Å². The normalized spacial score (nSPS) is 12.0. The summed E-state index contributed by atoms with van der Waals surface area (Å²) < 4.78 is 16.8. The number of nitrogens with zero attached hydrogens (tertiary/aromatic N) is 1. The Morgan fingerprint density at radius 1 is 1.17 bits per heavy atom. The van der Waals surface area contributed by atoms with Crippen molar-refractivity contribution in [1.82, 2.24) is 4.98 Å². The monoisotopic (exact) mass is 407 g/mol. The van der Waals surface area contributed by atoms with E-state index >= 15 is 0 Å². The number of nitrogens with two attached hydrogens (primary N) is 1. The van der Waals surface area contributed by atoms with Gasteiger partial charge in [-0.05, 0) is 51.0 Å². The molecule has 1 atom stereocenters. The standard InChI is InChI=1S/C24H27N2O4/c1-16(2)29-24(27)21(25)15-18-8-7-11-20(14-18)28-13-12-22-17(3)30-23(26-22)19-9-5-4-6-10-19/h4-11,16,21H,12-13,15,25H2,1-3H3. The van der Waals surface area contributed by atoms with Gasteiger partial charge in [-0.3, -0.25) is 4.79 Å². The molecule has 0 amide bonds. The fourth-order valence-electron chi connectivity index (χ4n) is 2.96. The van der Waals surface area contributed by atoms with Gasteiger partial charge < -0.3 is 19.6 Å². The third kappa shape index (κ3) is 5.94. The first kappa shape index (κ1) is 21.6. The van der Waals surface area contributed by atoms with E-state index in [-0.39, 0.29) is 6.10 Å². The smallest absolute Gasteiger partial charge is 0.323 e. The summed E-state index contributed by atoms with van der Waals surface area (Å²) in [4.78, 5) is 16.5. The van der Waals surface area contributed by atoms with Gasteiger partial charge in [0.15, 0.2) is 0 Å². The van der Waals surface area contributed by atoms with E-state index in [2.05, 4.69) is 11.1 Å². The average molecular weight is 407 g/mol. The lowest BCUT2D eigenvalue weighted by atomic mass is 10.1. The molecule has 1 radical (unpaired) electrons. The van der Waals surface area contributed by atoms with Crippen molar-refractivity contribution in [3.05, 3.63) is 71.6 Å². The zero-order valence-corrected chi connectivity index (χ0v) is 17.6. The van der Waals surface area contributed by atoms with Crippen molar-refractivity contribution in [3.63, 3.8) is 0 Å². The third-order valence-corrected chi connectivity index (χ3v) is 4.43. The van der Waals surface area contributed by atoms with Gasteiger partial charge in [-0.1, -0.05) is 30.3 Å². The first-order valence-electron chi connectivity index (χ1n) is 10.0. The molecule has 1 heterocycles. The molecule has 2 aromatic carbocycles. The van der Waals surface area contributed by atoms with E-state index in [1.54, 1.807) is 13.8 Å². The van der Waals surface area contributed by atoms with Crippen LogP contribution >= 0.6 is 0 Å². The molecule has 1 unspecified atom stereocenters. The highest BCUT2D eigenvalue weighted by Gasteiger charge is 2.17. The third-order valence-electron chi connectivity index (χ3n) is 4.43. The molecule has 30 heavy (non-hydrogen) atoms. The van der Waals surface area contributed by atoms with Gasteiger partial charge in [-0.15, -0.1) is 0 Å². The Bertz CT molecular complexity index is 966. The molecule has 6 heteroatoms. The van der Waals surface area contributed by atoms with Crippen LogP contribution in [0.15, 0.2) is 52.9 Å². The summed E-state index contributed by atoms with van der Waals surface area (Å²) in [7, 11) is 0. The molecule has 1 aromatic heterocycles. The Balaban J connectivity index is 1.55. The maximum Gasteiger partial charge on any atom is 0.323 e. The van der Waals surface area contributed by atoms with Gasteiger partial charge in [-0.25, -0.2) is 4.98 Å². The van der Waals surface area contributed by atoms with Gasteiger partial charge in [-0.2, -0.15) is 0 Å². The molecule has 0 saturated heterocycles. The summed E-state index contributed by atoms with van der Waals surface area (Å²) in [5, 5.41) is 0. The molecular formula is C24H27N2O4. The molecule has 2 N–H and O–H groups in total. The Morgan fingerprint density at radius 2 is 1.93 bits per heavy atom. The summed E-state index contributed by atoms with van der Waals surface area (Å²) >= 11 is 0. The maximum atomic E-state index is 11.9. The van der Waals surface area contributed by atoms with E-state index in [9.17, 15) is 4.79 Å². The summed E-state index contributed by atoms with van der Waals surface area (Å²) in [6.07, 6.45) is 0.760. The van der Waals surface area contributed by atoms with E-state index in [4.69, 9.17) is 19.6 Å². The van der Waals surface area contributed by atoms with Gasteiger partial charge in [0, 0.05) is 18.1 Å². The number of hydrogen-bond acceptors (Lipinski definition) is 6. The zero-order chi connectivity index (χ0) is 21.5. The Morgan fingerprint density at radius 3 is 2.67 bits per heavy atom. The quantitative estimate of drug-likeness (QED) is 0.542. The van der Waals surface area contributed by atoms with Gasteiger partial charge in [0.2, 0.25) is 5.89 Å². The van der Waals surface area contributed by atoms with Crippen LogP contribution in [0.1, 0.15) is 30.9 Å². The number of ether oxygens (including phenoxy) is 2. The van der Waals surface area contributed by atoms with Gasteiger partial charge >= 0.3 is 5.97 Å². The van der Waals surface area contributed by atoms with E-state index in [1.807, 2.05) is 55.5 Å². The lowest BCUT2D eigenvalue weighted by molar-refractivity contribution is -0.148. The summed E-state index contributed by atoms with van der Waals surface area (Å²) in [6, 6.07) is 17.8. The Kier molecular flexibility index (Phi) is 7.25. The van der Waals surface area contributed by atoms with Crippen molar-refractivity contribution >= 4 is 5.97 Å². The zero-order valence-electron chi connectivity index (χ0n) is 17.6. The number of aromatic nitrogens is 1. The average Bonchev–Trinajstić information content (AvgIpc) is 3.09. The summed E-state index contributed by atoms with van der Waals surface area (Å²) in [5.74, 6) is 1.57. The molecule has 6 nitrogen and oxygen atoms in total. The fraction of sp³-hybridized carbons (Fsp3) is 0.333. The lowest BCUT2D eigenvalue weighted by Crippen LogP contribution is -2.35. The van der Waals surface area contributed by atoms with Crippen LogP contribution in [-0.2, 0) is 22.4 Å². The minimum absolute atomic E-state index is 0.190. The Labute approximate surface area is 177 Å². The second kappa shape index (κ2) is 10.1.